The molecule has 17 heavy (non-hydrogen) atoms. The minimum atomic E-state index is -0.250. The Morgan fingerprint density at radius 1 is 0.941 bits per heavy atom. The molecule has 1 aromatic carbocycles. The number of benzene rings is 1. The molecule has 0 radical (unpaired) electrons. The monoisotopic (exact) mass is 236 g/mol. The summed E-state index contributed by atoms with van der Waals surface area (Å²) in [7, 11) is 0. The molecule has 2 heteroatoms. The third kappa shape index (κ3) is 8.49. The first-order valence-corrected chi connectivity index (χ1v) is 6.44. The predicted molar refractivity (Wildman–Crippen MR) is 72.4 cm³/mol. The largest absolute Gasteiger partial charge is 0.483 e. The molecule has 96 valence electrons. The van der Waals surface area contributed by atoms with E-state index >= 15 is 0 Å². The Balaban J connectivity index is 0.000000770. The Labute approximate surface area is 105 Å². The highest BCUT2D eigenvalue weighted by Gasteiger charge is 1.94. The van der Waals surface area contributed by atoms with Crippen molar-refractivity contribution in [1.82, 2.24) is 0 Å². The number of rotatable bonds is 6. The van der Waals surface area contributed by atoms with Crippen molar-refractivity contribution in [2.75, 3.05) is 0 Å². The average Bonchev–Trinajstić information content (AvgIpc) is 2.36. The van der Waals surface area contributed by atoms with Crippen LogP contribution in [0.2, 0.25) is 0 Å². The van der Waals surface area contributed by atoms with Gasteiger partial charge in [0.2, 0.25) is 0 Å². The van der Waals surface area contributed by atoms with Crippen molar-refractivity contribution in [3.8, 4) is 0 Å². The fourth-order valence-corrected chi connectivity index (χ4v) is 1.63. The zero-order valence-electron chi connectivity index (χ0n) is 11.0. The quantitative estimate of drug-likeness (QED) is 0.756. The minimum absolute atomic E-state index is 0.250. The van der Waals surface area contributed by atoms with Crippen LogP contribution < -0.4 is 0 Å². The van der Waals surface area contributed by atoms with Crippen LogP contribution in [-0.2, 0) is 17.6 Å². The van der Waals surface area contributed by atoms with E-state index in [1.165, 1.54) is 49.7 Å². The Morgan fingerprint density at radius 2 is 1.24 bits per heavy atom. The predicted octanol–water partition coefficient (Wildman–Crippen LogP) is 4.07. The van der Waals surface area contributed by atoms with Crippen LogP contribution in [0.5, 0.6) is 0 Å². The molecule has 0 aliphatic carbocycles. The molecule has 0 heterocycles. The van der Waals surface area contributed by atoms with Crippen LogP contribution in [0.3, 0.4) is 0 Å². The van der Waals surface area contributed by atoms with E-state index in [1.54, 1.807) is 0 Å². The first kappa shape index (κ1) is 15.7. The third-order valence-electron chi connectivity index (χ3n) is 2.66. The van der Waals surface area contributed by atoms with Gasteiger partial charge in [-0.15, -0.1) is 0 Å². The number of unbranched alkanes of at least 4 members (excludes halogenated alkanes) is 2. The molecule has 0 fully saturated rings. The van der Waals surface area contributed by atoms with Crippen molar-refractivity contribution in [3.63, 3.8) is 0 Å². The minimum Gasteiger partial charge on any atom is -0.483 e. The topological polar surface area (TPSA) is 37.3 Å². The maximum absolute atomic E-state index is 8.36. The van der Waals surface area contributed by atoms with E-state index in [0.717, 1.165) is 0 Å². The van der Waals surface area contributed by atoms with Gasteiger partial charge in [-0.25, -0.2) is 0 Å². The lowest BCUT2D eigenvalue weighted by Crippen LogP contribution is -1.87. The average molecular weight is 236 g/mol. The second-order valence-electron chi connectivity index (χ2n) is 4.13. The number of hydrogen-bond donors (Lipinski definition) is 1. The van der Waals surface area contributed by atoms with Crippen molar-refractivity contribution in [3.05, 3.63) is 35.4 Å². The van der Waals surface area contributed by atoms with E-state index in [-0.39, 0.29) is 6.47 Å². The Morgan fingerprint density at radius 3 is 1.47 bits per heavy atom. The highest BCUT2D eigenvalue weighted by atomic mass is 16.3. The zero-order chi connectivity index (χ0) is 12.9. The normalized spacial score (nSPS) is 9.29. The molecule has 1 rings (SSSR count). The molecule has 1 N–H and O–H groups in total. The molecule has 1 aromatic rings. The van der Waals surface area contributed by atoms with Gasteiger partial charge in [-0.1, -0.05) is 51.0 Å². The van der Waals surface area contributed by atoms with Crippen LogP contribution >= 0.6 is 0 Å². The summed E-state index contributed by atoms with van der Waals surface area (Å²) in [4.78, 5) is 8.36. The Kier molecular flexibility index (Phi) is 10.3. The first-order valence-electron chi connectivity index (χ1n) is 6.44. The molecule has 0 unspecified atom stereocenters. The van der Waals surface area contributed by atoms with Crippen LogP contribution in [-0.4, -0.2) is 11.6 Å². The fraction of sp³-hybridized carbons (Fsp3) is 0.533. The molecule has 0 aliphatic rings. The highest BCUT2D eigenvalue weighted by molar-refractivity contribution is 5.32. The summed E-state index contributed by atoms with van der Waals surface area (Å²) in [6.07, 6.45) is 7.69. The van der Waals surface area contributed by atoms with Crippen LogP contribution in [0, 0.1) is 0 Å². The van der Waals surface area contributed by atoms with Gasteiger partial charge in [0.15, 0.2) is 0 Å². The molecular weight excluding hydrogens is 212 g/mol. The van der Waals surface area contributed by atoms with Gasteiger partial charge in [-0.3, -0.25) is 4.79 Å². The van der Waals surface area contributed by atoms with Crippen LogP contribution in [0.25, 0.3) is 0 Å². The summed E-state index contributed by atoms with van der Waals surface area (Å²) in [6.45, 7) is 4.24. The van der Waals surface area contributed by atoms with Gasteiger partial charge >= 0.3 is 0 Å². The summed E-state index contributed by atoms with van der Waals surface area (Å²) in [6, 6.07) is 9.17. The summed E-state index contributed by atoms with van der Waals surface area (Å²) in [5.74, 6) is 0. The van der Waals surface area contributed by atoms with E-state index in [4.69, 9.17) is 9.90 Å². The van der Waals surface area contributed by atoms with E-state index in [1.807, 2.05) is 0 Å². The van der Waals surface area contributed by atoms with Crippen LogP contribution in [0.4, 0.5) is 0 Å². The lowest BCUT2D eigenvalue weighted by molar-refractivity contribution is -0.122. The van der Waals surface area contributed by atoms with E-state index in [9.17, 15) is 0 Å². The van der Waals surface area contributed by atoms with Crippen molar-refractivity contribution in [2.24, 2.45) is 0 Å². The number of carbonyl (C=O) groups is 1. The molecule has 0 aromatic heterocycles. The first-order chi connectivity index (χ1) is 8.28. The number of carboxylic acid groups (broad SMARTS) is 1. The van der Waals surface area contributed by atoms with Gasteiger partial charge in [-0.2, -0.15) is 0 Å². The van der Waals surface area contributed by atoms with Gasteiger partial charge in [-0.05, 0) is 36.8 Å². The summed E-state index contributed by atoms with van der Waals surface area (Å²) >= 11 is 0. The second-order valence-corrected chi connectivity index (χ2v) is 4.13. The highest BCUT2D eigenvalue weighted by Crippen LogP contribution is 2.10. The molecular formula is C15H24O2. The molecule has 0 bridgehead atoms. The summed E-state index contributed by atoms with van der Waals surface area (Å²) in [5.41, 5.74) is 2.99. The third-order valence-corrected chi connectivity index (χ3v) is 2.66. The number of aryl methyl sites for hydroxylation is 2. The van der Waals surface area contributed by atoms with Crippen molar-refractivity contribution < 1.29 is 9.90 Å². The second kappa shape index (κ2) is 11.2. The van der Waals surface area contributed by atoms with E-state index < -0.39 is 0 Å². The maximum Gasteiger partial charge on any atom is 0.290 e. The van der Waals surface area contributed by atoms with Crippen molar-refractivity contribution in [1.29, 1.82) is 0 Å². The number of hydrogen-bond acceptors (Lipinski definition) is 1. The zero-order valence-corrected chi connectivity index (χ0v) is 11.0. The van der Waals surface area contributed by atoms with Gasteiger partial charge in [0.25, 0.3) is 6.47 Å². The van der Waals surface area contributed by atoms with Gasteiger partial charge < -0.3 is 5.11 Å². The van der Waals surface area contributed by atoms with Gasteiger partial charge in [0.05, 0.1) is 0 Å². The van der Waals surface area contributed by atoms with Gasteiger partial charge in [0.1, 0.15) is 0 Å². The molecule has 0 saturated carbocycles. The molecule has 0 atom stereocenters. The molecule has 2 nitrogen and oxygen atoms in total. The van der Waals surface area contributed by atoms with Crippen LogP contribution in [0.1, 0.15) is 50.7 Å². The van der Waals surface area contributed by atoms with E-state index in [2.05, 4.69) is 38.1 Å². The standard InChI is InChI=1S/C14H22.CH2O2/c1-3-5-7-13-9-11-14(12-10-13)8-6-4-2;2-1-3/h9-12H,3-8H2,1-2H3;1H,(H,2,3). The molecule has 0 saturated heterocycles. The Bertz CT molecular complexity index is 250. The summed E-state index contributed by atoms with van der Waals surface area (Å²) < 4.78 is 0. The van der Waals surface area contributed by atoms with Gasteiger partial charge in [0, 0.05) is 0 Å². The lowest BCUT2D eigenvalue weighted by Gasteiger charge is -2.02. The molecule has 0 amide bonds. The van der Waals surface area contributed by atoms with Crippen LogP contribution in [0.15, 0.2) is 24.3 Å². The summed E-state index contributed by atoms with van der Waals surface area (Å²) in [5, 5.41) is 6.89. The molecule has 0 aliphatic heterocycles. The SMILES string of the molecule is CCCCc1ccc(CCCC)cc1.O=CO. The van der Waals surface area contributed by atoms with Crippen molar-refractivity contribution in [2.45, 2.75) is 52.4 Å². The lowest BCUT2D eigenvalue weighted by atomic mass is 10.0. The smallest absolute Gasteiger partial charge is 0.290 e. The van der Waals surface area contributed by atoms with E-state index in [0.29, 0.717) is 0 Å². The fourth-order valence-electron chi connectivity index (χ4n) is 1.63. The maximum atomic E-state index is 8.36. The molecule has 0 spiro atoms. The Hall–Kier alpha value is -1.31. The van der Waals surface area contributed by atoms with Crippen molar-refractivity contribution >= 4 is 6.47 Å².